The fraction of sp³-hybridized carbons (Fsp3) is 0.296. The normalized spacial score (nSPS) is 14.1. The van der Waals surface area contributed by atoms with Crippen LogP contribution >= 0.6 is 0 Å². The number of para-hydroxylation sites is 1. The largest absolute Gasteiger partial charge is 0.497 e. The Balaban J connectivity index is 1.59. The molecule has 6 heteroatoms. The van der Waals surface area contributed by atoms with E-state index in [1.165, 1.54) is 5.52 Å². The molecule has 0 radical (unpaired) electrons. The molecule has 0 unspecified atom stereocenters. The van der Waals surface area contributed by atoms with Crippen LogP contribution in [-0.4, -0.2) is 54.7 Å². The van der Waals surface area contributed by atoms with Crippen molar-refractivity contribution in [1.82, 2.24) is 19.8 Å². The molecule has 0 atom stereocenters. The van der Waals surface area contributed by atoms with Crippen molar-refractivity contribution in [2.75, 3.05) is 34.3 Å². The van der Waals surface area contributed by atoms with Crippen LogP contribution in [0.15, 0.2) is 60.4 Å². The highest BCUT2D eigenvalue weighted by atomic mass is 16.5. The van der Waals surface area contributed by atoms with Gasteiger partial charge < -0.3 is 24.5 Å². The fourth-order valence-corrected chi connectivity index (χ4v) is 4.82. The average Bonchev–Trinajstić information content (AvgIpc) is 3.50. The first-order valence-electron chi connectivity index (χ1n) is 11.4. The minimum atomic E-state index is 0.0201. The number of carbonyl (C=O) groups excluding carboxylic acids is 1. The summed E-state index contributed by atoms with van der Waals surface area (Å²) in [4.78, 5) is 18.5. The third-order valence-corrected chi connectivity index (χ3v) is 6.52. The van der Waals surface area contributed by atoms with E-state index in [0.29, 0.717) is 13.0 Å². The minimum Gasteiger partial charge on any atom is -0.497 e. The number of nitrogens with zero attached hydrogens (tertiary/aromatic N) is 2. The molecule has 3 heterocycles. The summed E-state index contributed by atoms with van der Waals surface area (Å²) in [5.74, 6) is 0.845. The molecular weight excluding hydrogens is 412 g/mol. The van der Waals surface area contributed by atoms with Crippen LogP contribution in [0.25, 0.3) is 27.4 Å². The van der Waals surface area contributed by atoms with Gasteiger partial charge in [-0.3, -0.25) is 4.79 Å². The summed E-state index contributed by atoms with van der Waals surface area (Å²) in [6.45, 7) is 2.50. The second kappa shape index (κ2) is 8.79. The van der Waals surface area contributed by atoms with Gasteiger partial charge in [-0.05, 0) is 62.5 Å². The summed E-state index contributed by atoms with van der Waals surface area (Å²) in [5.41, 5.74) is 6.44. The van der Waals surface area contributed by atoms with Crippen molar-refractivity contribution in [3.63, 3.8) is 0 Å². The molecule has 0 spiro atoms. The number of ether oxygens (including phenoxy) is 1. The van der Waals surface area contributed by atoms with E-state index in [-0.39, 0.29) is 5.91 Å². The number of hydrogen-bond donors (Lipinski definition) is 2. The molecule has 0 bridgehead atoms. The van der Waals surface area contributed by atoms with Gasteiger partial charge in [0.1, 0.15) is 5.75 Å². The number of benzene rings is 2. The summed E-state index contributed by atoms with van der Waals surface area (Å²) in [7, 11) is 5.89. The van der Waals surface area contributed by atoms with Gasteiger partial charge in [0.15, 0.2) is 0 Å². The molecule has 2 N–H and O–H groups in total. The first-order valence-corrected chi connectivity index (χ1v) is 11.4. The third-order valence-electron chi connectivity index (χ3n) is 6.52. The molecule has 0 fully saturated rings. The number of aromatic amines is 1. The zero-order chi connectivity index (χ0) is 22.9. The molecule has 2 aromatic carbocycles. The summed E-state index contributed by atoms with van der Waals surface area (Å²) in [6, 6.07) is 14.5. The average molecular weight is 443 g/mol. The van der Waals surface area contributed by atoms with E-state index in [1.807, 2.05) is 24.4 Å². The van der Waals surface area contributed by atoms with Crippen molar-refractivity contribution in [1.29, 1.82) is 0 Å². The quantitative estimate of drug-likeness (QED) is 0.430. The molecule has 170 valence electrons. The zero-order valence-electron chi connectivity index (χ0n) is 19.4. The molecule has 1 aliphatic rings. The van der Waals surface area contributed by atoms with Gasteiger partial charge in [0.05, 0.1) is 7.11 Å². The molecule has 6 nitrogen and oxygen atoms in total. The maximum Gasteiger partial charge on any atom is 0.248 e. The molecule has 33 heavy (non-hydrogen) atoms. The van der Waals surface area contributed by atoms with Crippen LogP contribution in [0, 0.1) is 0 Å². The first kappa shape index (κ1) is 21.3. The SMILES string of the molecule is COc1ccc2c(c1)c(C1=C(Cc3c[nH]c4ccccc34)C(=O)NC1)cn2CCCN(C)C. The highest BCUT2D eigenvalue weighted by Gasteiger charge is 2.27. The first-order chi connectivity index (χ1) is 16.0. The Morgan fingerprint density at radius 1 is 1.12 bits per heavy atom. The van der Waals surface area contributed by atoms with E-state index >= 15 is 0 Å². The second-order valence-corrected chi connectivity index (χ2v) is 8.95. The third kappa shape index (κ3) is 4.02. The Labute approximate surface area is 193 Å². The molecule has 0 aliphatic carbocycles. The standard InChI is InChI=1S/C27H30N4O2/c1-30(2)11-6-12-31-17-24(21-14-19(33-3)9-10-26(21)31)23-16-29-27(32)22(23)13-18-15-28-25-8-5-4-7-20(18)25/h4-5,7-10,14-15,17,28H,6,11-13,16H2,1-3H3,(H,29,32). The van der Waals surface area contributed by atoms with E-state index in [9.17, 15) is 4.79 Å². The van der Waals surface area contributed by atoms with Gasteiger partial charge in [0.2, 0.25) is 5.91 Å². The number of H-pyrrole nitrogens is 1. The Bertz CT molecular complexity index is 1360. The summed E-state index contributed by atoms with van der Waals surface area (Å²) in [6.07, 6.45) is 5.89. The number of methoxy groups -OCH3 is 1. The molecule has 5 rings (SSSR count). The monoisotopic (exact) mass is 442 g/mol. The van der Waals surface area contributed by atoms with E-state index in [0.717, 1.165) is 63.8 Å². The van der Waals surface area contributed by atoms with E-state index in [4.69, 9.17) is 4.74 Å². The van der Waals surface area contributed by atoms with Crippen LogP contribution in [-0.2, 0) is 17.8 Å². The predicted octanol–water partition coefficient (Wildman–Crippen LogP) is 4.21. The molecular formula is C27H30N4O2. The number of aromatic nitrogens is 2. The van der Waals surface area contributed by atoms with Crippen molar-refractivity contribution in [2.24, 2.45) is 0 Å². The maximum atomic E-state index is 12.9. The lowest BCUT2D eigenvalue weighted by Gasteiger charge is -2.10. The minimum absolute atomic E-state index is 0.0201. The smallest absolute Gasteiger partial charge is 0.248 e. The van der Waals surface area contributed by atoms with Crippen LogP contribution in [0.4, 0.5) is 0 Å². The molecule has 0 saturated heterocycles. The summed E-state index contributed by atoms with van der Waals surface area (Å²) in [5, 5.41) is 5.36. The van der Waals surface area contributed by atoms with Gasteiger partial charge >= 0.3 is 0 Å². The fourth-order valence-electron chi connectivity index (χ4n) is 4.82. The Morgan fingerprint density at radius 3 is 2.79 bits per heavy atom. The van der Waals surface area contributed by atoms with Crippen molar-refractivity contribution in [3.05, 3.63) is 71.6 Å². The number of fused-ring (bicyclic) bond motifs is 2. The number of rotatable bonds is 8. The number of nitrogens with one attached hydrogen (secondary N) is 2. The molecule has 1 aliphatic heterocycles. The van der Waals surface area contributed by atoms with Crippen LogP contribution in [0.1, 0.15) is 17.5 Å². The molecule has 4 aromatic rings. The van der Waals surface area contributed by atoms with Gasteiger partial charge in [-0.15, -0.1) is 0 Å². The Hall–Kier alpha value is -3.51. The number of aryl methyl sites for hydroxylation is 1. The number of hydrogen-bond acceptors (Lipinski definition) is 3. The van der Waals surface area contributed by atoms with Crippen molar-refractivity contribution in [2.45, 2.75) is 19.4 Å². The Kier molecular flexibility index (Phi) is 5.68. The highest BCUT2D eigenvalue weighted by Crippen LogP contribution is 2.35. The predicted molar refractivity (Wildman–Crippen MR) is 134 cm³/mol. The molecule has 1 amide bonds. The zero-order valence-corrected chi connectivity index (χ0v) is 19.4. The number of amides is 1. The molecule has 0 saturated carbocycles. The summed E-state index contributed by atoms with van der Waals surface area (Å²) < 4.78 is 7.84. The van der Waals surface area contributed by atoms with Crippen LogP contribution in [0.2, 0.25) is 0 Å². The van der Waals surface area contributed by atoms with E-state index in [2.05, 4.69) is 64.3 Å². The van der Waals surface area contributed by atoms with Crippen LogP contribution in [0.3, 0.4) is 0 Å². The van der Waals surface area contributed by atoms with Crippen LogP contribution < -0.4 is 10.1 Å². The van der Waals surface area contributed by atoms with Crippen molar-refractivity contribution >= 4 is 33.3 Å². The number of carbonyl (C=O) groups is 1. The lowest BCUT2D eigenvalue weighted by Crippen LogP contribution is -2.18. The van der Waals surface area contributed by atoms with Crippen LogP contribution in [0.5, 0.6) is 5.75 Å². The van der Waals surface area contributed by atoms with Gasteiger partial charge in [-0.1, -0.05) is 18.2 Å². The maximum absolute atomic E-state index is 12.9. The molecule has 2 aromatic heterocycles. The van der Waals surface area contributed by atoms with Crippen molar-refractivity contribution in [3.8, 4) is 5.75 Å². The van der Waals surface area contributed by atoms with Gasteiger partial charge in [-0.25, -0.2) is 0 Å². The Morgan fingerprint density at radius 2 is 1.97 bits per heavy atom. The van der Waals surface area contributed by atoms with Gasteiger partial charge in [0.25, 0.3) is 0 Å². The summed E-state index contributed by atoms with van der Waals surface area (Å²) >= 11 is 0. The van der Waals surface area contributed by atoms with E-state index < -0.39 is 0 Å². The lowest BCUT2D eigenvalue weighted by atomic mass is 9.96. The topological polar surface area (TPSA) is 62.3 Å². The van der Waals surface area contributed by atoms with Crippen molar-refractivity contribution < 1.29 is 9.53 Å². The van der Waals surface area contributed by atoms with Gasteiger partial charge in [0, 0.05) is 64.8 Å². The van der Waals surface area contributed by atoms with Gasteiger partial charge in [-0.2, -0.15) is 0 Å². The highest BCUT2D eigenvalue weighted by molar-refractivity contribution is 6.10. The second-order valence-electron chi connectivity index (χ2n) is 8.95. The lowest BCUT2D eigenvalue weighted by molar-refractivity contribution is -0.116. The van der Waals surface area contributed by atoms with E-state index in [1.54, 1.807) is 7.11 Å².